The van der Waals surface area contributed by atoms with Gasteiger partial charge in [-0.1, -0.05) is 6.07 Å². The summed E-state index contributed by atoms with van der Waals surface area (Å²) in [7, 11) is 0. The molecule has 172 valence electrons. The average Bonchev–Trinajstić information content (AvgIpc) is 2.74. The van der Waals surface area contributed by atoms with E-state index >= 15 is 0 Å². The second kappa shape index (κ2) is 12.3. The molecule has 0 aromatic heterocycles. The van der Waals surface area contributed by atoms with Crippen LogP contribution in [-0.4, -0.2) is 70.5 Å². The Hall–Kier alpha value is -2.62. The van der Waals surface area contributed by atoms with Crippen molar-refractivity contribution in [1.82, 2.24) is 0 Å². The predicted octanol–water partition coefficient (Wildman–Crippen LogP) is 1.66. The molecular formula is C22H30O9. The molecule has 1 aliphatic rings. The highest BCUT2D eigenvalue weighted by molar-refractivity contribution is 5.87. The molecule has 1 saturated carbocycles. The number of aromatic hydroxyl groups is 2. The number of phenols is 2. The van der Waals surface area contributed by atoms with E-state index in [0.717, 1.165) is 0 Å². The van der Waals surface area contributed by atoms with Gasteiger partial charge in [-0.25, -0.2) is 9.59 Å². The van der Waals surface area contributed by atoms with Crippen molar-refractivity contribution in [3.05, 3.63) is 29.8 Å². The van der Waals surface area contributed by atoms with Crippen LogP contribution in [-0.2, 0) is 23.8 Å². The molecule has 0 spiro atoms. The van der Waals surface area contributed by atoms with Gasteiger partial charge < -0.3 is 34.6 Å². The molecule has 9 nitrogen and oxygen atoms in total. The van der Waals surface area contributed by atoms with Gasteiger partial charge in [0.15, 0.2) is 17.1 Å². The molecule has 2 atom stereocenters. The predicted molar refractivity (Wildman–Crippen MR) is 110 cm³/mol. The minimum atomic E-state index is -1.70. The number of hydrogen-bond acceptors (Lipinski definition) is 9. The number of aliphatic hydroxyl groups excluding tert-OH is 1. The molecule has 0 bridgehead atoms. The molecule has 0 aliphatic heterocycles. The highest BCUT2D eigenvalue weighted by Gasteiger charge is 2.43. The van der Waals surface area contributed by atoms with Crippen LogP contribution in [0.2, 0.25) is 0 Å². The zero-order valence-corrected chi connectivity index (χ0v) is 17.4. The lowest BCUT2D eigenvalue weighted by Crippen LogP contribution is -2.46. The number of ether oxygens (including phenoxy) is 3. The molecular weight excluding hydrogens is 408 g/mol. The molecule has 0 radical (unpaired) electrons. The Morgan fingerprint density at radius 1 is 1.13 bits per heavy atom. The number of carbonyl (C=O) groups excluding carboxylic acids is 2. The van der Waals surface area contributed by atoms with Gasteiger partial charge in [-0.15, -0.1) is 0 Å². The third kappa shape index (κ3) is 8.20. The largest absolute Gasteiger partial charge is 0.504 e. The number of carbonyl (C=O) groups is 2. The maximum atomic E-state index is 12.3. The van der Waals surface area contributed by atoms with Gasteiger partial charge >= 0.3 is 11.9 Å². The fourth-order valence-electron chi connectivity index (χ4n) is 3.23. The van der Waals surface area contributed by atoms with Crippen LogP contribution in [0.3, 0.4) is 0 Å². The SMILES string of the molecule is O=C(/C=C/c1ccc(O)c(O)c1)O[C@H]1CCC[C@@](O)(C(=O)OCCCOCCCO)C1. The van der Waals surface area contributed by atoms with Gasteiger partial charge in [0.25, 0.3) is 0 Å². The van der Waals surface area contributed by atoms with Crippen molar-refractivity contribution in [2.24, 2.45) is 0 Å². The molecule has 1 aromatic carbocycles. The monoisotopic (exact) mass is 438 g/mol. The summed E-state index contributed by atoms with van der Waals surface area (Å²) >= 11 is 0. The van der Waals surface area contributed by atoms with Crippen LogP contribution in [0.1, 0.15) is 44.1 Å². The zero-order valence-electron chi connectivity index (χ0n) is 17.4. The van der Waals surface area contributed by atoms with Gasteiger partial charge in [-0.2, -0.15) is 0 Å². The van der Waals surface area contributed by atoms with Crippen molar-refractivity contribution in [3.63, 3.8) is 0 Å². The first-order valence-electron chi connectivity index (χ1n) is 10.3. The lowest BCUT2D eigenvalue weighted by Gasteiger charge is -2.34. The number of aliphatic hydroxyl groups is 2. The minimum Gasteiger partial charge on any atom is -0.504 e. The van der Waals surface area contributed by atoms with Crippen molar-refractivity contribution in [1.29, 1.82) is 0 Å². The summed E-state index contributed by atoms with van der Waals surface area (Å²) in [6, 6.07) is 4.12. The van der Waals surface area contributed by atoms with Crippen molar-refractivity contribution in [2.45, 2.75) is 50.2 Å². The second-order valence-corrected chi connectivity index (χ2v) is 7.45. The lowest BCUT2D eigenvalue weighted by atomic mass is 9.83. The van der Waals surface area contributed by atoms with E-state index in [4.69, 9.17) is 19.3 Å². The van der Waals surface area contributed by atoms with Crippen LogP contribution in [0.5, 0.6) is 11.5 Å². The van der Waals surface area contributed by atoms with E-state index in [1.54, 1.807) is 0 Å². The molecule has 0 amide bonds. The molecule has 1 aliphatic carbocycles. The molecule has 4 N–H and O–H groups in total. The molecule has 2 rings (SSSR count). The Morgan fingerprint density at radius 3 is 2.65 bits per heavy atom. The normalized spacial score (nSPS) is 21.2. The summed E-state index contributed by atoms with van der Waals surface area (Å²) in [6.07, 6.45) is 4.21. The maximum Gasteiger partial charge on any atom is 0.338 e. The third-order valence-electron chi connectivity index (χ3n) is 4.87. The zero-order chi connectivity index (χ0) is 22.7. The number of hydrogen-bond donors (Lipinski definition) is 4. The van der Waals surface area contributed by atoms with Crippen molar-refractivity contribution in [3.8, 4) is 11.5 Å². The fraction of sp³-hybridized carbons (Fsp3) is 0.545. The lowest BCUT2D eigenvalue weighted by molar-refractivity contribution is -0.177. The maximum absolute atomic E-state index is 12.3. The Morgan fingerprint density at radius 2 is 1.90 bits per heavy atom. The van der Waals surface area contributed by atoms with Crippen LogP contribution in [0, 0.1) is 0 Å². The highest BCUT2D eigenvalue weighted by atomic mass is 16.6. The summed E-state index contributed by atoms with van der Waals surface area (Å²) in [5, 5.41) is 38.1. The van der Waals surface area contributed by atoms with Crippen molar-refractivity contribution >= 4 is 18.0 Å². The van der Waals surface area contributed by atoms with E-state index in [9.17, 15) is 24.9 Å². The molecule has 9 heteroatoms. The fourth-order valence-corrected chi connectivity index (χ4v) is 3.23. The Bertz CT molecular complexity index is 761. The molecule has 1 fully saturated rings. The van der Waals surface area contributed by atoms with E-state index in [-0.39, 0.29) is 37.6 Å². The number of benzene rings is 1. The van der Waals surface area contributed by atoms with Gasteiger partial charge in [0, 0.05) is 38.7 Å². The number of rotatable bonds is 11. The van der Waals surface area contributed by atoms with Crippen LogP contribution in [0.4, 0.5) is 0 Å². The molecule has 0 heterocycles. The van der Waals surface area contributed by atoms with E-state index in [2.05, 4.69) is 0 Å². The smallest absolute Gasteiger partial charge is 0.338 e. The van der Waals surface area contributed by atoms with Gasteiger partial charge in [-0.3, -0.25) is 0 Å². The standard InChI is InChI=1S/C22H30O9/c23-10-2-11-29-12-3-13-30-21(27)22(28)9-1-4-17(15-22)31-20(26)8-6-16-5-7-18(24)19(25)14-16/h5-8,14,17,23-25,28H,1-4,9-13,15H2/b8-6+/t17-,22-/m0/s1. The number of esters is 2. The van der Waals surface area contributed by atoms with Crippen LogP contribution in [0.25, 0.3) is 6.08 Å². The first-order chi connectivity index (χ1) is 14.8. The Labute approximate surface area is 180 Å². The topological polar surface area (TPSA) is 143 Å². The molecule has 0 saturated heterocycles. The van der Waals surface area contributed by atoms with Crippen LogP contribution < -0.4 is 0 Å². The first kappa shape index (κ1) is 24.6. The molecule has 1 aromatic rings. The number of phenolic OH excluding ortho intramolecular Hbond substituents is 2. The Balaban J connectivity index is 1.77. The summed E-state index contributed by atoms with van der Waals surface area (Å²) in [5.41, 5.74) is -1.20. The minimum absolute atomic E-state index is 0.0432. The van der Waals surface area contributed by atoms with E-state index < -0.39 is 23.6 Å². The van der Waals surface area contributed by atoms with E-state index in [0.29, 0.717) is 44.5 Å². The summed E-state index contributed by atoms with van der Waals surface area (Å²) in [5.74, 6) is -1.95. The van der Waals surface area contributed by atoms with E-state index in [1.807, 2.05) is 0 Å². The van der Waals surface area contributed by atoms with Gasteiger partial charge in [0.05, 0.1) is 6.61 Å². The first-order valence-corrected chi connectivity index (χ1v) is 10.3. The van der Waals surface area contributed by atoms with Crippen LogP contribution >= 0.6 is 0 Å². The highest BCUT2D eigenvalue weighted by Crippen LogP contribution is 2.31. The average molecular weight is 438 g/mol. The van der Waals surface area contributed by atoms with Crippen molar-refractivity contribution < 1.29 is 44.2 Å². The van der Waals surface area contributed by atoms with Crippen LogP contribution in [0.15, 0.2) is 24.3 Å². The van der Waals surface area contributed by atoms with Gasteiger partial charge in [0.1, 0.15) is 6.10 Å². The molecule has 31 heavy (non-hydrogen) atoms. The second-order valence-electron chi connectivity index (χ2n) is 7.45. The summed E-state index contributed by atoms with van der Waals surface area (Å²) < 4.78 is 15.8. The molecule has 0 unspecified atom stereocenters. The van der Waals surface area contributed by atoms with Crippen molar-refractivity contribution in [2.75, 3.05) is 26.4 Å². The van der Waals surface area contributed by atoms with Gasteiger partial charge in [0.2, 0.25) is 0 Å². The van der Waals surface area contributed by atoms with E-state index in [1.165, 1.54) is 30.4 Å². The van der Waals surface area contributed by atoms with Gasteiger partial charge in [-0.05, 0) is 49.5 Å². The Kier molecular flexibility index (Phi) is 9.77. The summed E-state index contributed by atoms with van der Waals surface area (Å²) in [6.45, 7) is 0.984. The third-order valence-corrected chi connectivity index (χ3v) is 4.87. The summed E-state index contributed by atoms with van der Waals surface area (Å²) in [4.78, 5) is 24.4. The quantitative estimate of drug-likeness (QED) is 0.175.